The van der Waals surface area contributed by atoms with Gasteiger partial charge >= 0.3 is 5.97 Å². The van der Waals surface area contributed by atoms with Crippen LogP contribution in [0.2, 0.25) is 0 Å². The van der Waals surface area contributed by atoms with Crippen LogP contribution in [0, 0.1) is 5.41 Å². The molecule has 0 atom stereocenters. The number of carbonyl (C=O) groups is 1. The van der Waals surface area contributed by atoms with Crippen LogP contribution in [0.1, 0.15) is 50.5 Å². The lowest BCUT2D eigenvalue weighted by atomic mass is 9.70. The van der Waals surface area contributed by atoms with Crippen LogP contribution in [0.4, 0.5) is 0 Å². The third kappa shape index (κ3) is 4.34. The third-order valence-electron chi connectivity index (χ3n) is 4.32. The fraction of sp³-hybridized carbons (Fsp3) is 0.588. The average Bonchev–Trinajstić information content (AvgIpc) is 2.47. The Labute approximate surface area is 121 Å². The molecule has 20 heavy (non-hydrogen) atoms. The fourth-order valence-corrected chi connectivity index (χ4v) is 3.15. The minimum atomic E-state index is -0.135. The van der Waals surface area contributed by atoms with Crippen LogP contribution in [-0.4, -0.2) is 17.7 Å². The molecule has 1 saturated carbocycles. The molecule has 0 bridgehead atoms. The zero-order valence-corrected chi connectivity index (χ0v) is 12.0. The molecule has 1 aliphatic rings. The molecular formula is C17H24O3. The zero-order chi connectivity index (χ0) is 14.3. The molecular weight excluding hydrogens is 252 g/mol. The van der Waals surface area contributed by atoms with Crippen LogP contribution in [0.25, 0.3) is 0 Å². The Hall–Kier alpha value is -1.35. The summed E-state index contributed by atoms with van der Waals surface area (Å²) < 4.78 is 5.38. The molecule has 0 spiro atoms. The number of aliphatic hydroxyl groups is 1. The molecule has 0 radical (unpaired) electrons. The number of carbonyl (C=O) groups excluding carboxylic acids is 1. The summed E-state index contributed by atoms with van der Waals surface area (Å²) >= 11 is 0. The Morgan fingerprint density at radius 3 is 2.50 bits per heavy atom. The van der Waals surface area contributed by atoms with Crippen LogP contribution in [-0.2, 0) is 16.1 Å². The summed E-state index contributed by atoms with van der Waals surface area (Å²) in [5.41, 5.74) is 0.988. The summed E-state index contributed by atoms with van der Waals surface area (Å²) in [6.07, 6.45) is 6.79. The summed E-state index contributed by atoms with van der Waals surface area (Å²) in [5, 5.41) is 9.25. The normalized spacial score (nSPS) is 17.6. The predicted octanol–water partition coefficient (Wildman–Crippen LogP) is 3.45. The molecule has 0 heterocycles. The van der Waals surface area contributed by atoms with Crippen LogP contribution < -0.4 is 0 Å². The van der Waals surface area contributed by atoms with Crippen molar-refractivity contribution in [1.82, 2.24) is 0 Å². The summed E-state index contributed by atoms with van der Waals surface area (Å²) in [6, 6.07) is 9.74. The van der Waals surface area contributed by atoms with E-state index in [-0.39, 0.29) is 18.0 Å². The molecule has 1 aromatic carbocycles. The number of esters is 1. The van der Waals surface area contributed by atoms with Gasteiger partial charge in [-0.05, 0) is 30.2 Å². The van der Waals surface area contributed by atoms with Gasteiger partial charge in [-0.25, -0.2) is 0 Å². The van der Waals surface area contributed by atoms with Crippen molar-refractivity contribution >= 4 is 5.97 Å². The monoisotopic (exact) mass is 276 g/mol. The van der Waals surface area contributed by atoms with Gasteiger partial charge in [-0.3, -0.25) is 4.79 Å². The second kappa shape index (κ2) is 7.44. The highest BCUT2D eigenvalue weighted by atomic mass is 16.5. The van der Waals surface area contributed by atoms with Crippen LogP contribution in [0.3, 0.4) is 0 Å². The second-order valence-corrected chi connectivity index (χ2v) is 5.86. The molecule has 0 amide bonds. The van der Waals surface area contributed by atoms with Crippen molar-refractivity contribution in [2.24, 2.45) is 5.41 Å². The van der Waals surface area contributed by atoms with Gasteiger partial charge in [0.1, 0.15) is 6.61 Å². The van der Waals surface area contributed by atoms with E-state index in [9.17, 15) is 9.90 Å². The lowest BCUT2D eigenvalue weighted by Crippen LogP contribution is -2.29. The molecule has 0 aromatic heterocycles. The molecule has 1 N–H and O–H groups in total. The Kier molecular flexibility index (Phi) is 5.60. The van der Waals surface area contributed by atoms with E-state index in [2.05, 4.69) is 0 Å². The van der Waals surface area contributed by atoms with Gasteiger partial charge in [0, 0.05) is 6.61 Å². The Morgan fingerprint density at radius 1 is 1.15 bits per heavy atom. The zero-order valence-electron chi connectivity index (χ0n) is 12.0. The maximum absolute atomic E-state index is 12.1. The van der Waals surface area contributed by atoms with E-state index in [4.69, 9.17) is 4.74 Å². The summed E-state index contributed by atoms with van der Waals surface area (Å²) in [6.45, 7) is 0.501. The van der Waals surface area contributed by atoms with Crippen molar-refractivity contribution in [3.63, 3.8) is 0 Å². The molecule has 0 aliphatic heterocycles. The molecule has 3 heteroatoms. The van der Waals surface area contributed by atoms with Gasteiger partial charge in [0.05, 0.1) is 6.42 Å². The smallest absolute Gasteiger partial charge is 0.306 e. The van der Waals surface area contributed by atoms with Gasteiger partial charge in [-0.1, -0.05) is 49.6 Å². The van der Waals surface area contributed by atoms with Crippen LogP contribution >= 0.6 is 0 Å². The first-order valence-corrected chi connectivity index (χ1v) is 7.55. The first-order chi connectivity index (χ1) is 9.74. The first kappa shape index (κ1) is 15.0. The minimum absolute atomic E-state index is 0.0270. The van der Waals surface area contributed by atoms with E-state index < -0.39 is 0 Å². The summed E-state index contributed by atoms with van der Waals surface area (Å²) in [4.78, 5) is 12.1. The van der Waals surface area contributed by atoms with Crippen LogP contribution in [0.5, 0.6) is 0 Å². The number of ether oxygens (including phenoxy) is 1. The van der Waals surface area contributed by atoms with Gasteiger partial charge in [0.25, 0.3) is 0 Å². The van der Waals surface area contributed by atoms with Crippen molar-refractivity contribution in [2.75, 3.05) is 6.61 Å². The molecule has 2 rings (SSSR count). The quantitative estimate of drug-likeness (QED) is 0.809. The van der Waals surface area contributed by atoms with Gasteiger partial charge in [0.15, 0.2) is 0 Å². The second-order valence-electron chi connectivity index (χ2n) is 5.86. The number of hydrogen-bond acceptors (Lipinski definition) is 3. The van der Waals surface area contributed by atoms with Gasteiger partial charge < -0.3 is 9.84 Å². The van der Waals surface area contributed by atoms with Crippen molar-refractivity contribution in [2.45, 2.75) is 51.6 Å². The highest BCUT2D eigenvalue weighted by Gasteiger charge is 2.34. The number of rotatable bonds is 6. The molecule has 1 fully saturated rings. The Bertz CT molecular complexity index is 402. The predicted molar refractivity (Wildman–Crippen MR) is 78.1 cm³/mol. The number of hydrogen-bond donors (Lipinski definition) is 1. The molecule has 0 saturated heterocycles. The van der Waals surface area contributed by atoms with Gasteiger partial charge in [0.2, 0.25) is 0 Å². The maximum Gasteiger partial charge on any atom is 0.306 e. The van der Waals surface area contributed by atoms with Crippen molar-refractivity contribution < 1.29 is 14.6 Å². The van der Waals surface area contributed by atoms with Gasteiger partial charge in [-0.15, -0.1) is 0 Å². The van der Waals surface area contributed by atoms with Crippen LogP contribution in [0.15, 0.2) is 30.3 Å². The van der Waals surface area contributed by atoms with E-state index in [1.807, 2.05) is 30.3 Å². The largest absolute Gasteiger partial charge is 0.461 e. The Morgan fingerprint density at radius 2 is 1.85 bits per heavy atom. The van der Waals surface area contributed by atoms with Crippen molar-refractivity contribution in [1.29, 1.82) is 0 Å². The van der Waals surface area contributed by atoms with E-state index in [1.165, 1.54) is 6.42 Å². The lowest BCUT2D eigenvalue weighted by molar-refractivity contribution is -0.148. The topological polar surface area (TPSA) is 46.5 Å². The average molecular weight is 276 g/mol. The highest BCUT2D eigenvalue weighted by Crippen LogP contribution is 2.42. The van der Waals surface area contributed by atoms with E-state index in [0.29, 0.717) is 19.4 Å². The molecule has 110 valence electrons. The lowest BCUT2D eigenvalue weighted by Gasteiger charge is -2.36. The summed E-state index contributed by atoms with van der Waals surface area (Å²) in [7, 11) is 0. The van der Waals surface area contributed by atoms with Crippen molar-refractivity contribution in [3.8, 4) is 0 Å². The first-order valence-electron chi connectivity index (χ1n) is 7.55. The third-order valence-corrected chi connectivity index (χ3v) is 4.32. The number of benzene rings is 1. The summed E-state index contributed by atoms with van der Waals surface area (Å²) in [5.74, 6) is -0.135. The fourth-order valence-electron chi connectivity index (χ4n) is 3.15. The molecule has 3 nitrogen and oxygen atoms in total. The molecule has 0 unspecified atom stereocenters. The van der Waals surface area contributed by atoms with Gasteiger partial charge in [-0.2, -0.15) is 0 Å². The Balaban J connectivity index is 1.85. The van der Waals surface area contributed by atoms with E-state index in [1.54, 1.807) is 0 Å². The molecule has 1 aromatic rings. The van der Waals surface area contributed by atoms with Crippen molar-refractivity contribution in [3.05, 3.63) is 35.9 Å². The van der Waals surface area contributed by atoms with E-state index in [0.717, 1.165) is 31.2 Å². The SMILES string of the molecule is O=C(CC1(CCO)CCCCC1)OCc1ccccc1. The standard InChI is InChI=1S/C17H24O3/c18-12-11-17(9-5-2-6-10-17)13-16(19)20-14-15-7-3-1-4-8-15/h1,3-4,7-8,18H,2,5-6,9-14H2. The van der Waals surface area contributed by atoms with E-state index >= 15 is 0 Å². The maximum atomic E-state index is 12.1. The number of aliphatic hydroxyl groups excluding tert-OH is 1. The minimum Gasteiger partial charge on any atom is -0.461 e. The molecule has 1 aliphatic carbocycles. The highest BCUT2D eigenvalue weighted by molar-refractivity contribution is 5.70.